The van der Waals surface area contributed by atoms with Gasteiger partial charge in [-0.25, -0.2) is 8.42 Å². The Morgan fingerprint density at radius 1 is 1.40 bits per heavy atom. The molecule has 1 aliphatic heterocycles. The number of hydrogen-bond donors (Lipinski definition) is 2. The lowest BCUT2D eigenvalue weighted by molar-refractivity contribution is -0.0516. The summed E-state index contributed by atoms with van der Waals surface area (Å²) in [5, 5.41) is 10.9. The Morgan fingerprint density at radius 2 is 2.00 bits per heavy atom. The highest BCUT2D eigenvalue weighted by atomic mass is 79.9. The molecule has 0 aliphatic carbocycles. The summed E-state index contributed by atoms with van der Waals surface area (Å²) >= 11 is 3.37. The molecule has 0 bridgehead atoms. The van der Waals surface area contributed by atoms with E-state index >= 15 is 0 Å². The Balaban J connectivity index is 2.26. The van der Waals surface area contributed by atoms with Crippen LogP contribution in [-0.4, -0.2) is 37.2 Å². The van der Waals surface area contributed by atoms with Gasteiger partial charge in [0.25, 0.3) is 0 Å². The predicted molar refractivity (Wildman–Crippen MR) is 83.2 cm³/mol. The highest BCUT2D eigenvalue weighted by Crippen LogP contribution is 2.42. The summed E-state index contributed by atoms with van der Waals surface area (Å²) in [7, 11) is -3.10. The second kappa shape index (κ2) is 5.40. The first-order chi connectivity index (χ1) is 9.20. The summed E-state index contributed by atoms with van der Waals surface area (Å²) in [5.41, 5.74) is 4.90. The quantitative estimate of drug-likeness (QED) is 0.851. The van der Waals surface area contributed by atoms with E-state index in [1.807, 2.05) is 24.3 Å². The van der Waals surface area contributed by atoms with Crippen molar-refractivity contribution in [2.24, 2.45) is 11.1 Å². The van der Waals surface area contributed by atoms with E-state index in [9.17, 15) is 13.5 Å². The average Bonchev–Trinajstić information content (AvgIpc) is 2.69. The number of nitrogens with two attached hydrogens (primary N) is 1. The lowest BCUT2D eigenvalue weighted by Gasteiger charge is -2.41. The van der Waals surface area contributed by atoms with Gasteiger partial charge in [-0.2, -0.15) is 0 Å². The van der Waals surface area contributed by atoms with E-state index in [-0.39, 0.29) is 18.1 Å². The molecule has 1 aliphatic rings. The molecule has 0 saturated carbocycles. The highest BCUT2D eigenvalue weighted by Gasteiger charge is 2.52. The van der Waals surface area contributed by atoms with Gasteiger partial charge in [-0.1, -0.05) is 28.1 Å². The fourth-order valence-corrected chi connectivity index (χ4v) is 5.43. The van der Waals surface area contributed by atoms with E-state index in [2.05, 4.69) is 15.9 Å². The van der Waals surface area contributed by atoms with Crippen LogP contribution in [0.15, 0.2) is 28.7 Å². The lowest BCUT2D eigenvalue weighted by atomic mass is 9.69. The Kier molecular flexibility index (Phi) is 4.31. The van der Waals surface area contributed by atoms with Crippen LogP contribution in [0.3, 0.4) is 0 Å². The van der Waals surface area contributed by atoms with Crippen molar-refractivity contribution in [1.29, 1.82) is 0 Å². The van der Waals surface area contributed by atoms with Crippen LogP contribution in [0.1, 0.15) is 18.9 Å². The second-order valence-electron chi connectivity index (χ2n) is 5.90. The molecule has 1 fully saturated rings. The largest absolute Gasteiger partial charge is 0.389 e. The summed E-state index contributed by atoms with van der Waals surface area (Å²) in [6.45, 7) is 1.87. The van der Waals surface area contributed by atoms with Crippen LogP contribution in [0.5, 0.6) is 0 Å². The van der Waals surface area contributed by atoms with E-state index in [1.165, 1.54) is 0 Å². The number of hydrogen-bond acceptors (Lipinski definition) is 4. The molecule has 1 aromatic rings. The fourth-order valence-electron chi connectivity index (χ4n) is 2.91. The van der Waals surface area contributed by atoms with Crippen LogP contribution in [0, 0.1) is 5.41 Å². The molecule has 4 nitrogen and oxygen atoms in total. The maximum Gasteiger partial charge on any atom is 0.151 e. The number of benzene rings is 1. The summed E-state index contributed by atoms with van der Waals surface area (Å²) in [5.74, 6) is 0.0840. The van der Waals surface area contributed by atoms with Crippen LogP contribution in [-0.2, 0) is 16.3 Å². The van der Waals surface area contributed by atoms with E-state index in [1.54, 1.807) is 6.92 Å². The number of sulfone groups is 1. The molecule has 0 aromatic heterocycles. The van der Waals surface area contributed by atoms with Gasteiger partial charge in [0.05, 0.1) is 17.1 Å². The normalized spacial score (nSPS) is 28.2. The smallest absolute Gasteiger partial charge is 0.151 e. The molecule has 2 unspecified atom stereocenters. The van der Waals surface area contributed by atoms with Crippen molar-refractivity contribution in [1.82, 2.24) is 0 Å². The van der Waals surface area contributed by atoms with Gasteiger partial charge in [0, 0.05) is 22.9 Å². The molecular formula is C14H20BrNO3S. The Labute approximate surface area is 128 Å². The first kappa shape index (κ1) is 15.9. The van der Waals surface area contributed by atoms with Crippen molar-refractivity contribution in [2.45, 2.75) is 25.4 Å². The van der Waals surface area contributed by atoms with Crippen LogP contribution in [0.4, 0.5) is 0 Å². The highest BCUT2D eigenvalue weighted by molar-refractivity contribution is 9.10. The predicted octanol–water partition coefficient (Wildman–Crippen LogP) is 1.51. The number of aliphatic hydroxyl groups is 1. The second-order valence-corrected chi connectivity index (χ2v) is 9.00. The molecule has 1 saturated heterocycles. The summed E-state index contributed by atoms with van der Waals surface area (Å²) in [6, 6.07) is 7.66. The van der Waals surface area contributed by atoms with Crippen molar-refractivity contribution < 1.29 is 13.5 Å². The van der Waals surface area contributed by atoms with Crippen LogP contribution >= 0.6 is 15.9 Å². The third kappa shape index (κ3) is 3.08. The van der Waals surface area contributed by atoms with Crippen LogP contribution in [0.2, 0.25) is 0 Å². The van der Waals surface area contributed by atoms with Crippen LogP contribution in [0.25, 0.3) is 0 Å². The molecule has 1 aromatic carbocycles. The molecule has 2 rings (SSSR count). The van der Waals surface area contributed by atoms with Crippen molar-refractivity contribution in [3.8, 4) is 0 Å². The monoisotopic (exact) mass is 361 g/mol. The van der Waals surface area contributed by atoms with Gasteiger partial charge in [0.1, 0.15) is 0 Å². The van der Waals surface area contributed by atoms with Gasteiger partial charge in [-0.3, -0.25) is 0 Å². The zero-order valence-corrected chi connectivity index (χ0v) is 13.9. The molecule has 2 atom stereocenters. The Hall–Kier alpha value is -0.430. The molecule has 20 heavy (non-hydrogen) atoms. The summed E-state index contributed by atoms with van der Waals surface area (Å²) in [4.78, 5) is 0. The zero-order valence-electron chi connectivity index (χ0n) is 11.5. The number of rotatable bonds is 4. The first-order valence-corrected chi connectivity index (χ1v) is 9.19. The molecule has 3 N–H and O–H groups in total. The van der Waals surface area contributed by atoms with Crippen molar-refractivity contribution in [3.05, 3.63) is 34.3 Å². The van der Waals surface area contributed by atoms with Gasteiger partial charge in [-0.05, 0) is 31.0 Å². The standard InChI is InChI=1S/C14H20BrNO3S/c1-13(17,8-11-2-4-12(15)5-3-11)14(9-16)6-7-20(18,19)10-14/h2-5,17H,6-10,16H2,1H3. The van der Waals surface area contributed by atoms with Gasteiger partial charge in [0.2, 0.25) is 0 Å². The molecule has 0 radical (unpaired) electrons. The summed E-state index contributed by atoms with van der Waals surface area (Å²) < 4.78 is 24.5. The minimum Gasteiger partial charge on any atom is -0.389 e. The molecular weight excluding hydrogens is 342 g/mol. The zero-order chi connectivity index (χ0) is 15.0. The van der Waals surface area contributed by atoms with Crippen molar-refractivity contribution in [2.75, 3.05) is 18.1 Å². The first-order valence-electron chi connectivity index (χ1n) is 6.57. The fraction of sp³-hybridized carbons (Fsp3) is 0.571. The van der Waals surface area contributed by atoms with E-state index in [0.29, 0.717) is 12.8 Å². The average molecular weight is 362 g/mol. The minimum absolute atomic E-state index is 0.0277. The van der Waals surface area contributed by atoms with Gasteiger partial charge >= 0.3 is 0 Å². The van der Waals surface area contributed by atoms with E-state index in [4.69, 9.17) is 5.73 Å². The topological polar surface area (TPSA) is 80.4 Å². The molecule has 0 spiro atoms. The maximum atomic E-state index is 11.8. The molecule has 0 amide bonds. The summed E-state index contributed by atoms with van der Waals surface area (Å²) in [6.07, 6.45) is 0.822. The van der Waals surface area contributed by atoms with E-state index < -0.39 is 20.9 Å². The van der Waals surface area contributed by atoms with Crippen molar-refractivity contribution >= 4 is 25.8 Å². The third-order valence-electron chi connectivity index (χ3n) is 4.38. The SMILES string of the molecule is CC(O)(Cc1ccc(Br)cc1)C1(CN)CCS(=O)(=O)C1. The van der Waals surface area contributed by atoms with Crippen LogP contribution < -0.4 is 5.73 Å². The van der Waals surface area contributed by atoms with Gasteiger partial charge < -0.3 is 10.8 Å². The number of halogens is 1. The van der Waals surface area contributed by atoms with Gasteiger partial charge in [0.15, 0.2) is 9.84 Å². The van der Waals surface area contributed by atoms with Gasteiger partial charge in [-0.15, -0.1) is 0 Å². The third-order valence-corrected chi connectivity index (χ3v) is 6.73. The lowest BCUT2D eigenvalue weighted by Crippen LogP contribution is -2.53. The molecule has 6 heteroatoms. The Morgan fingerprint density at radius 3 is 2.45 bits per heavy atom. The minimum atomic E-state index is -3.10. The van der Waals surface area contributed by atoms with E-state index in [0.717, 1.165) is 10.0 Å². The van der Waals surface area contributed by atoms with Crippen molar-refractivity contribution in [3.63, 3.8) is 0 Å². The molecule has 112 valence electrons. The Bertz CT molecular complexity index is 583. The molecule has 1 heterocycles. The maximum absolute atomic E-state index is 11.8.